The van der Waals surface area contributed by atoms with Gasteiger partial charge in [-0.25, -0.2) is 19.1 Å². The third kappa shape index (κ3) is 5.88. The minimum atomic E-state index is -5.08. The lowest BCUT2D eigenvalue weighted by atomic mass is 9.74. The van der Waals surface area contributed by atoms with E-state index in [0.29, 0.717) is 18.7 Å². The third-order valence-electron chi connectivity index (χ3n) is 8.84. The number of carbonyl (C=O) groups is 2. The second kappa shape index (κ2) is 12.4. The van der Waals surface area contributed by atoms with Crippen molar-refractivity contribution in [1.29, 1.82) is 5.26 Å². The first-order valence-electron chi connectivity index (χ1n) is 14.9. The van der Waals surface area contributed by atoms with E-state index >= 15 is 0 Å². The second-order valence-corrected chi connectivity index (χ2v) is 11.7. The normalized spacial score (nSPS) is 18.7. The van der Waals surface area contributed by atoms with Gasteiger partial charge in [-0.3, -0.25) is 9.58 Å². The zero-order chi connectivity index (χ0) is 34.2. The average Bonchev–Trinajstić information content (AvgIpc) is 3.82. The number of hydrogen-bond donors (Lipinski definition) is 2. The van der Waals surface area contributed by atoms with Crippen molar-refractivity contribution in [2.45, 2.75) is 37.0 Å². The number of alkyl halides is 3. The summed E-state index contributed by atoms with van der Waals surface area (Å²) in [5.41, 5.74) is 5.58. The molecule has 2 N–H and O–H groups in total. The largest absolute Gasteiger partial charge is 0.490 e. The molecule has 1 amide bonds. The summed E-state index contributed by atoms with van der Waals surface area (Å²) >= 11 is 0. The molecule has 2 aliphatic rings. The summed E-state index contributed by atoms with van der Waals surface area (Å²) in [5.74, 6) is -1.95. The molecule has 12 nitrogen and oxygen atoms in total. The Balaban J connectivity index is 0.000000519. The molecule has 15 heteroatoms. The molecule has 4 aromatic heterocycles. The number of nitriles is 1. The molecule has 0 bridgehead atoms. The quantitative estimate of drug-likeness (QED) is 0.258. The van der Waals surface area contributed by atoms with Crippen LogP contribution < -0.4 is 4.90 Å². The summed E-state index contributed by atoms with van der Waals surface area (Å²) in [6.07, 6.45) is 5.59. The van der Waals surface area contributed by atoms with E-state index in [1.807, 2.05) is 62.0 Å². The highest BCUT2D eigenvalue weighted by molar-refractivity contribution is 5.87. The predicted molar refractivity (Wildman–Crippen MR) is 167 cm³/mol. The Hall–Kier alpha value is -5.91. The van der Waals surface area contributed by atoms with Crippen LogP contribution >= 0.6 is 0 Å². The van der Waals surface area contributed by atoms with E-state index in [9.17, 15) is 28.3 Å². The number of halogens is 3. The van der Waals surface area contributed by atoms with Crippen LogP contribution in [0.4, 0.5) is 23.8 Å². The fourth-order valence-electron chi connectivity index (χ4n) is 6.63. The third-order valence-corrected chi connectivity index (χ3v) is 8.84. The minimum absolute atomic E-state index is 0.0116. The van der Waals surface area contributed by atoms with Gasteiger partial charge in [0.2, 0.25) is 0 Å². The molecule has 6 heterocycles. The van der Waals surface area contributed by atoms with Crippen LogP contribution in [-0.4, -0.2) is 82.4 Å². The molecular formula is C33H29F3N8O4. The highest BCUT2D eigenvalue weighted by Gasteiger charge is 2.59. The van der Waals surface area contributed by atoms with Gasteiger partial charge >= 0.3 is 18.2 Å². The number of rotatable bonds is 5. The van der Waals surface area contributed by atoms with E-state index in [1.165, 1.54) is 5.56 Å². The standard InChI is InChI=1S/C31H28N8O2.C2HF3O2/c1-36-18-25(17-34-36)23-13-26(29-24(14-32)16-35-39(29)19-23)22-8-9-28(33-15-22)37-20-31(10-5-11-38(31)30(40)41)27(37)12-21-6-3-2-4-7-21;3-2(4,5)1(6)7/h2-4,6-9,13,15-19,27H,5,10-12,20H2,1H3,(H,40,41);(H,6,7). The Bertz CT molecular complexity index is 2020. The van der Waals surface area contributed by atoms with Crippen molar-refractivity contribution in [2.24, 2.45) is 7.05 Å². The molecule has 2 atom stereocenters. The van der Waals surface area contributed by atoms with Crippen LogP contribution in [0.2, 0.25) is 0 Å². The summed E-state index contributed by atoms with van der Waals surface area (Å²) in [6, 6.07) is 18.5. The van der Waals surface area contributed by atoms with Crippen molar-refractivity contribution in [1.82, 2.24) is 29.3 Å². The molecule has 246 valence electrons. The number of aryl methyl sites for hydroxylation is 1. The topological polar surface area (TPSA) is 153 Å². The second-order valence-electron chi connectivity index (χ2n) is 11.7. The van der Waals surface area contributed by atoms with Gasteiger partial charge in [0.05, 0.1) is 35.1 Å². The molecule has 5 aromatic rings. The first-order valence-corrected chi connectivity index (χ1v) is 14.9. The first-order chi connectivity index (χ1) is 22.9. The molecule has 2 aliphatic heterocycles. The number of likely N-dealkylation sites (tertiary alicyclic amines) is 1. The molecule has 0 radical (unpaired) electrons. The van der Waals surface area contributed by atoms with Gasteiger partial charge in [-0.1, -0.05) is 30.3 Å². The molecule has 2 unspecified atom stereocenters. The number of amides is 1. The van der Waals surface area contributed by atoms with Gasteiger partial charge in [-0.05, 0) is 43.0 Å². The van der Waals surface area contributed by atoms with Crippen molar-refractivity contribution < 1.29 is 33.0 Å². The fourth-order valence-corrected chi connectivity index (χ4v) is 6.63. The average molecular weight is 659 g/mol. The van der Waals surface area contributed by atoms with Gasteiger partial charge in [0.25, 0.3) is 0 Å². The predicted octanol–water partition coefficient (Wildman–Crippen LogP) is 5.25. The van der Waals surface area contributed by atoms with E-state index in [-0.39, 0.29) is 6.04 Å². The van der Waals surface area contributed by atoms with E-state index in [0.717, 1.165) is 52.9 Å². The summed E-state index contributed by atoms with van der Waals surface area (Å²) in [4.78, 5) is 29.8. The fraction of sp³-hybridized carbons (Fsp3) is 0.273. The van der Waals surface area contributed by atoms with Crippen molar-refractivity contribution >= 4 is 23.4 Å². The van der Waals surface area contributed by atoms with Crippen molar-refractivity contribution in [3.63, 3.8) is 0 Å². The molecule has 2 fully saturated rings. The number of benzene rings is 1. The van der Waals surface area contributed by atoms with Crippen molar-refractivity contribution in [2.75, 3.05) is 18.0 Å². The van der Waals surface area contributed by atoms with Gasteiger partial charge in [0.1, 0.15) is 11.9 Å². The van der Waals surface area contributed by atoms with Crippen LogP contribution in [0.1, 0.15) is 24.0 Å². The minimum Gasteiger partial charge on any atom is -0.475 e. The maximum absolute atomic E-state index is 12.2. The monoisotopic (exact) mass is 658 g/mol. The zero-order valence-corrected chi connectivity index (χ0v) is 25.5. The molecule has 7 rings (SSSR count). The van der Waals surface area contributed by atoms with E-state index in [1.54, 1.807) is 26.5 Å². The van der Waals surface area contributed by atoms with Gasteiger partial charge in [0, 0.05) is 61.0 Å². The van der Waals surface area contributed by atoms with Crippen LogP contribution in [0, 0.1) is 11.3 Å². The maximum atomic E-state index is 12.2. The lowest BCUT2D eigenvalue weighted by molar-refractivity contribution is -0.192. The lowest BCUT2D eigenvalue weighted by Gasteiger charge is -2.59. The number of pyridine rings is 2. The van der Waals surface area contributed by atoms with Crippen molar-refractivity contribution in [3.05, 3.63) is 90.6 Å². The number of aromatic nitrogens is 5. The van der Waals surface area contributed by atoms with Crippen LogP contribution in [0.15, 0.2) is 79.5 Å². The highest BCUT2D eigenvalue weighted by Crippen LogP contribution is 2.46. The van der Waals surface area contributed by atoms with Crippen LogP contribution in [-0.2, 0) is 18.3 Å². The Morgan fingerprint density at radius 2 is 1.77 bits per heavy atom. The SMILES string of the molecule is Cn1cc(-c2cc(-c3ccc(N4CC5(CCCN5C(=O)O)C4Cc4ccccc4)nc3)c3c(C#N)cnn3c2)cn1.O=C(O)C(F)(F)F. The molecule has 1 spiro atoms. The van der Waals surface area contributed by atoms with E-state index in [4.69, 9.17) is 14.9 Å². The summed E-state index contributed by atoms with van der Waals surface area (Å²) in [7, 11) is 1.87. The number of anilines is 1. The molecule has 2 saturated heterocycles. The molecular weight excluding hydrogens is 629 g/mol. The van der Waals surface area contributed by atoms with Gasteiger partial charge in [-0.2, -0.15) is 28.6 Å². The summed E-state index contributed by atoms with van der Waals surface area (Å²) < 4.78 is 35.2. The Kier molecular flexibility index (Phi) is 8.25. The highest BCUT2D eigenvalue weighted by atomic mass is 19.4. The van der Waals surface area contributed by atoms with Gasteiger partial charge < -0.3 is 15.1 Å². The molecule has 0 saturated carbocycles. The summed E-state index contributed by atoms with van der Waals surface area (Å²) in [5, 5.41) is 35.6. The lowest BCUT2D eigenvalue weighted by Crippen LogP contribution is -2.76. The smallest absolute Gasteiger partial charge is 0.475 e. The molecule has 48 heavy (non-hydrogen) atoms. The molecule has 0 aliphatic carbocycles. The van der Waals surface area contributed by atoms with E-state index < -0.39 is 23.8 Å². The zero-order valence-electron chi connectivity index (χ0n) is 25.5. The number of carboxylic acids is 1. The van der Waals surface area contributed by atoms with Crippen molar-refractivity contribution in [3.8, 4) is 28.3 Å². The van der Waals surface area contributed by atoms with Gasteiger partial charge in [0.15, 0.2) is 0 Å². The van der Waals surface area contributed by atoms with Crippen LogP contribution in [0.3, 0.4) is 0 Å². The van der Waals surface area contributed by atoms with E-state index in [2.05, 4.69) is 33.3 Å². The van der Waals surface area contributed by atoms with Gasteiger partial charge in [-0.15, -0.1) is 0 Å². The van der Waals surface area contributed by atoms with Crippen LogP contribution in [0.25, 0.3) is 27.8 Å². The number of nitrogens with zero attached hydrogens (tertiary/aromatic N) is 8. The first kappa shape index (κ1) is 32.0. The number of carboxylic acid groups (broad SMARTS) is 2. The Morgan fingerprint density at radius 3 is 2.38 bits per heavy atom. The maximum Gasteiger partial charge on any atom is 0.490 e. The number of fused-ring (bicyclic) bond motifs is 1. The molecule has 1 aromatic carbocycles. The number of hydrogen-bond acceptors (Lipinski definition) is 7. The number of aliphatic carboxylic acids is 1. The van der Waals surface area contributed by atoms with Crippen LogP contribution in [0.5, 0.6) is 0 Å². The Labute approximate surface area is 271 Å². The Morgan fingerprint density at radius 1 is 1.02 bits per heavy atom. The summed E-state index contributed by atoms with van der Waals surface area (Å²) in [6.45, 7) is 1.18.